The Morgan fingerprint density at radius 1 is 1.00 bits per heavy atom. The molecule has 1 aliphatic heterocycles. The Morgan fingerprint density at radius 2 is 1.72 bits per heavy atom. The monoisotopic (exact) mass is 318 g/mol. The van der Waals surface area contributed by atoms with Gasteiger partial charge in [-0.2, -0.15) is 5.10 Å². The highest BCUT2D eigenvalue weighted by atomic mass is 79.9. The Kier molecular flexibility index (Phi) is 3.39. The van der Waals surface area contributed by atoms with Gasteiger partial charge in [0.2, 0.25) is 0 Å². The molecule has 1 aliphatic rings. The Balaban J connectivity index is 1.76. The van der Waals surface area contributed by atoms with Crippen molar-refractivity contribution in [2.24, 2.45) is 5.10 Å². The van der Waals surface area contributed by atoms with Crippen LogP contribution < -0.4 is 5.43 Å². The molecule has 0 saturated heterocycles. The highest BCUT2D eigenvalue weighted by Crippen LogP contribution is 2.34. The van der Waals surface area contributed by atoms with Crippen LogP contribution in [0.3, 0.4) is 0 Å². The molecule has 1 N–H and O–H groups in total. The number of rotatable bonds is 2. The number of hydrazone groups is 1. The molecule has 4 heteroatoms. The van der Waals surface area contributed by atoms with Crippen LogP contribution in [-0.4, -0.2) is 5.04 Å². The molecule has 2 nitrogen and oxygen atoms in total. The molecule has 90 valence electrons. The number of halogens is 1. The fourth-order valence-corrected chi connectivity index (χ4v) is 3.04. The lowest BCUT2D eigenvalue weighted by Crippen LogP contribution is -2.06. The van der Waals surface area contributed by atoms with E-state index in [0.717, 1.165) is 15.1 Å². The second-order valence-electron chi connectivity index (χ2n) is 3.96. The Morgan fingerprint density at radius 3 is 2.44 bits per heavy atom. The Bertz CT molecular complexity index is 566. The number of thioether (sulfide) groups is 1. The molecular formula is C14H11BrN2S. The van der Waals surface area contributed by atoms with Crippen LogP contribution in [0, 0.1) is 0 Å². The van der Waals surface area contributed by atoms with E-state index in [1.807, 2.05) is 18.2 Å². The summed E-state index contributed by atoms with van der Waals surface area (Å²) in [6.45, 7) is 0. The summed E-state index contributed by atoms with van der Waals surface area (Å²) in [6, 6.07) is 18.6. The Labute approximate surface area is 119 Å². The fraction of sp³-hybridized carbons (Fsp3) is 0.0714. The summed E-state index contributed by atoms with van der Waals surface area (Å²) in [7, 11) is 0. The average molecular weight is 319 g/mol. The van der Waals surface area contributed by atoms with Gasteiger partial charge in [-0.3, -0.25) is 5.43 Å². The van der Waals surface area contributed by atoms with Gasteiger partial charge in [0.15, 0.2) is 0 Å². The second-order valence-corrected chi connectivity index (χ2v) is 5.97. The molecule has 0 bridgehead atoms. The lowest BCUT2D eigenvalue weighted by atomic mass is 10.2. The molecule has 18 heavy (non-hydrogen) atoms. The largest absolute Gasteiger partial charge is 0.291 e. The highest BCUT2D eigenvalue weighted by molar-refractivity contribution is 9.10. The van der Waals surface area contributed by atoms with Crippen LogP contribution in [-0.2, 0) is 0 Å². The van der Waals surface area contributed by atoms with Crippen LogP contribution >= 0.6 is 27.7 Å². The molecule has 2 aromatic rings. The molecule has 0 spiro atoms. The van der Waals surface area contributed by atoms with E-state index in [-0.39, 0.29) is 5.37 Å². The SMILES string of the molecule is Brc1ccc([C@H]2NN=C(c3ccccc3)S2)cc1. The van der Waals surface area contributed by atoms with Crippen LogP contribution in [0.4, 0.5) is 0 Å². The molecule has 0 radical (unpaired) electrons. The average Bonchev–Trinajstić information content (AvgIpc) is 2.90. The zero-order chi connectivity index (χ0) is 12.4. The highest BCUT2D eigenvalue weighted by Gasteiger charge is 2.21. The van der Waals surface area contributed by atoms with Crippen molar-refractivity contribution in [3.8, 4) is 0 Å². The van der Waals surface area contributed by atoms with Crippen molar-refractivity contribution in [3.63, 3.8) is 0 Å². The van der Waals surface area contributed by atoms with Crippen LogP contribution in [0.25, 0.3) is 0 Å². The number of hydrogen-bond acceptors (Lipinski definition) is 3. The van der Waals surface area contributed by atoms with E-state index in [0.29, 0.717) is 0 Å². The molecule has 1 atom stereocenters. The summed E-state index contributed by atoms with van der Waals surface area (Å²) in [5.74, 6) is 0. The van der Waals surface area contributed by atoms with Gasteiger partial charge in [0.25, 0.3) is 0 Å². The third-order valence-electron chi connectivity index (χ3n) is 2.71. The molecule has 0 unspecified atom stereocenters. The number of hydrogen-bond donors (Lipinski definition) is 1. The maximum atomic E-state index is 4.40. The first kappa shape index (κ1) is 11.8. The molecule has 3 rings (SSSR count). The lowest BCUT2D eigenvalue weighted by molar-refractivity contribution is 0.743. The topological polar surface area (TPSA) is 24.4 Å². The van der Waals surface area contributed by atoms with E-state index < -0.39 is 0 Å². The standard InChI is InChI=1S/C14H11BrN2S/c15-12-8-6-11(7-9-12)14-17-16-13(18-14)10-4-2-1-3-5-10/h1-9,14,17H/t14-/m0/s1. The van der Waals surface area contributed by atoms with Crippen LogP contribution in [0.1, 0.15) is 16.5 Å². The van der Waals surface area contributed by atoms with E-state index in [4.69, 9.17) is 0 Å². The van der Waals surface area contributed by atoms with Gasteiger partial charge in [-0.15, -0.1) is 0 Å². The third-order valence-corrected chi connectivity index (χ3v) is 4.40. The van der Waals surface area contributed by atoms with E-state index in [2.05, 4.69) is 62.9 Å². The van der Waals surface area contributed by atoms with Crippen molar-refractivity contribution in [3.05, 3.63) is 70.2 Å². The second kappa shape index (κ2) is 5.16. The van der Waals surface area contributed by atoms with Crippen LogP contribution in [0.2, 0.25) is 0 Å². The zero-order valence-corrected chi connectivity index (χ0v) is 11.9. The first-order valence-corrected chi connectivity index (χ1v) is 7.31. The molecule has 0 fully saturated rings. The third kappa shape index (κ3) is 2.44. The normalized spacial score (nSPS) is 18.3. The maximum absolute atomic E-state index is 4.40. The quantitative estimate of drug-likeness (QED) is 0.899. The van der Waals surface area contributed by atoms with Crippen molar-refractivity contribution in [1.29, 1.82) is 0 Å². The van der Waals surface area contributed by atoms with Gasteiger partial charge in [-0.1, -0.05) is 70.2 Å². The first-order valence-electron chi connectivity index (χ1n) is 5.64. The molecule has 0 amide bonds. The summed E-state index contributed by atoms with van der Waals surface area (Å²) in [5.41, 5.74) is 5.57. The predicted molar refractivity (Wildman–Crippen MR) is 80.6 cm³/mol. The van der Waals surface area contributed by atoms with Gasteiger partial charge in [0.1, 0.15) is 10.4 Å². The summed E-state index contributed by atoms with van der Waals surface area (Å²) in [4.78, 5) is 0. The lowest BCUT2D eigenvalue weighted by Gasteiger charge is -2.09. The van der Waals surface area contributed by atoms with E-state index >= 15 is 0 Å². The minimum atomic E-state index is 0.202. The van der Waals surface area contributed by atoms with Crippen molar-refractivity contribution in [2.45, 2.75) is 5.37 Å². The Hall–Kier alpha value is -1.26. The van der Waals surface area contributed by atoms with Gasteiger partial charge in [-0.25, -0.2) is 0 Å². The molecule has 1 heterocycles. The number of nitrogens with zero attached hydrogens (tertiary/aromatic N) is 1. The zero-order valence-electron chi connectivity index (χ0n) is 9.51. The molecule has 0 saturated carbocycles. The molecule has 0 aliphatic carbocycles. The van der Waals surface area contributed by atoms with Crippen molar-refractivity contribution in [2.75, 3.05) is 0 Å². The predicted octanol–water partition coefficient (Wildman–Crippen LogP) is 4.15. The summed E-state index contributed by atoms with van der Waals surface area (Å²) >= 11 is 5.19. The fourth-order valence-electron chi connectivity index (χ4n) is 1.78. The summed E-state index contributed by atoms with van der Waals surface area (Å²) in [5, 5.41) is 5.65. The van der Waals surface area contributed by atoms with Gasteiger partial charge in [0.05, 0.1) is 0 Å². The molecule has 0 aromatic heterocycles. The summed E-state index contributed by atoms with van der Waals surface area (Å²) < 4.78 is 1.10. The van der Waals surface area contributed by atoms with Gasteiger partial charge in [-0.05, 0) is 17.7 Å². The van der Waals surface area contributed by atoms with Crippen LogP contribution in [0.15, 0.2) is 64.2 Å². The van der Waals surface area contributed by atoms with E-state index in [9.17, 15) is 0 Å². The first-order chi connectivity index (χ1) is 8.83. The number of benzene rings is 2. The molecular weight excluding hydrogens is 308 g/mol. The van der Waals surface area contributed by atoms with Gasteiger partial charge < -0.3 is 0 Å². The van der Waals surface area contributed by atoms with Crippen molar-refractivity contribution < 1.29 is 0 Å². The van der Waals surface area contributed by atoms with Crippen molar-refractivity contribution in [1.82, 2.24) is 5.43 Å². The van der Waals surface area contributed by atoms with Gasteiger partial charge in [0, 0.05) is 10.0 Å². The minimum Gasteiger partial charge on any atom is -0.291 e. The van der Waals surface area contributed by atoms with E-state index in [1.54, 1.807) is 11.8 Å². The van der Waals surface area contributed by atoms with Gasteiger partial charge >= 0.3 is 0 Å². The van der Waals surface area contributed by atoms with Crippen LogP contribution in [0.5, 0.6) is 0 Å². The minimum absolute atomic E-state index is 0.202. The number of nitrogens with one attached hydrogen (secondary N) is 1. The maximum Gasteiger partial charge on any atom is 0.126 e. The summed E-state index contributed by atoms with van der Waals surface area (Å²) in [6.07, 6.45) is 0. The van der Waals surface area contributed by atoms with Crippen molar-refractivity contribution >= 4 is 32.7 Å². The van der Waals surface area contributed by atoms with E-state index in [1.165, 1.54) is 5.56 Å². The smallest absolute Gasteiger partial charge is 0.126 e. The molecule has 2 aromatic carbocycles.